The van der Waals surface area contributed by atoms with Crippen LogP contribution < -0.4 is 5.32 Å². The van der Waals surface area contributed by atoms with Gasteiger partial charge in [0.05, 0.1) is 24.2 Å². The molecule has 0 aliphatic rings. The van der Waals surface area contributed by atoms with Gasteiger partial charge < -0.3 is 15.2 Å². The number of nitrogens with one attached hydrogen (secondary N) is 1. The van der Waals surface area contributed by atoms with Crippen LogP contribution in [-0.2, 0) is 11.2 Å². The Morgan fingerprint density at radius 2 is 1.85 bits per heavy atom. The summed E-state index contributed by atoms with van der Waals surface area (Å²) in [4.78, 5) is 21.7. The predicted molar refractivity (Wildman–Crippen MR) is 99.9 cm³/mol. The molecular weight excluding hydrogens is 404 g/mol. The quantitative estimate of drug-likeness (QED) is 0.383. The number of benzene rings is 2. The van der Waals surface area contributed by atoms with Crippen molar-refractivity contribution in [1.82, 2.24) is 5.32 Å². The van der Waals surface area contributed by atoms with Crippen molar-refractivity contribution in [2.75, 3.05) is 13.2 Å². The third-order valence-electron chi connectivity index (χ3n) is 3.68. The number of ether oxygens (including phenoxy) is 1. The summed E-state index contributed by atoms with van der Waals surface area (Å²) in [6, 6.07) is 13.4. The fourth-order valence-electron chi connectivity index (χ4n) is 2.26. The van der Waals surface area contributed by atoms with Gasteiger partial charge in [0, 0.05) is 16.6 Å². The van der Waals surface area contributed by atoms with Crippen LogP contribution in [0.5, 0.6) is 0 Å². The molecule has 0 aliphatic heterocycles. The lowest BCUT2D eigenvalue weighted by Gasteiger charge is -2.12. The second kappa shape index (κ2) is 9.88. The lowest BCUT2D eigenvalue weighted by Crippen LogP contribution is -2.29. The van der Waals surface area contributed by atoms with E-state index in [1.54, 1.807) is 0 Å². The summed E-state index contributed by atoms with van der Waals surface area (Å²) < 4.78 is 6.08. The molecule has 0 heterocycles. The first-order valence-corrected chi connectivity index (χ1v) is 8.82. The number of aliphatic hydroxyl groups is 1. The van der Waals surface area contributed by atoms with Gasteiger partial charge in [0.15, 0.2) is 0 Å². The average molecular weight is 423 g/mol. The standard InChI is InChI=1S/C18H19BrN2O5/c19-15-7-3-13(4-8-15)2-1-11-26-18(23)20-12-17(22)14-5-9-16(10-6-14)21(24)25/h3-10,17,22H,1-2,11-12H2,(H,20,23)/t17-/m0/s1. The molecule has 2 N–H and O–H groups in total. The van der Waals surface area contributed by atoms with Crippen LogP contribution in [0, 0.1) is 10.1 Å². The van der Waals surface area contributed by atoms with E-state index in [2.05, 4.69) is 21.2 Å². The summed E-state index contributed by atoms with van der Waals surface area (Å²) in [6.07, 6.45) is -0.0840. The minimum atomic E-state index is -0.967. The number of carbonyl (C=O) groups excluding carboxylic acids is 1. The van der Waals surface area contributed by atoms with Crippen LogP contribution in [0.15, 0.2) is 53.0 Å². The van der Waals surface area contributed by atoms with Gasteiger partial charge >= 0.3 is 6.09 Å². The van der Waals surface area contributed by atoms with E-state index in [0.29, 0.717) is 12.0 Å². The van der Waals surface area contributed by atoms with Crippen LogP contribution in [0.2, 0.25) is 0 Å². The van der Waals surface area contributed by atoms with E-state index in [9.17, 15) is 20.0 Å². The zero-order valence-electron chi connectivity index (χ0n) is 13.9. The molecule has 2 aromatic carbocycles. The van der Waals surface area contributed by atoms with E-state index in [1.165, 1.54) is 24.3 Å². The summed E-state index contributed by atoms with van der Waals surface area (Å²) in [5.74, 6) is 0. The topological polar surface area (TPSA) is 102 Å². The Morgan fingerprint density at radius 3 is 2.46 bits per heavy atom. The number of rotatable bonds is 8. The number of hydrogen-bond acceptors (Lipinski definition) is 5. The predicted octanol–water partition coefficient (Wildman–Crippen LogP) is 3.75. The Kier molecular flexibility index (Phi) is 7.55. The molecule has 0 saturated heterocycles. The third kappa shape index (κ3) is 6.45. The summed E-state index contributed by atoms with van der Waals surface area (Å²) in [5.41, 5.74) is 1.58. The van der Waals surface area contributed by atoms with E-state index in [0.717, 1.165) is 16.5 Å². The molecule has 7 nitrogen and oxygen atoms in total. The Labute approximate surface area is 159 Å². The number of carbonyl (C=O) groups is 1. The van der Waals surface area contributed by atoms with E-state index >= 15 is 0 Å². The SMILES string of the molecule is O=C(NC[C@H](O)c1ccc([N+](=O)[O-])cc1)OCCCc1ccc(Br)cc1. The van der Waals surface area contributed by atoms with Gasteiger partial charge in [-0.1, -0.05) is 28.1 Å². The van der Waals surface area contributed by atoms with Crippen molar-refractivity contribution in [3.63, 3.8) is 0 Å². The first-order valence-electron chi connectivity index (χ1n) is 8.03. The van der Waals surface area contributed by atoms with Crippen molar-refractivity contribution >= 4 is 27.7 Å². The van der Waals surface area contributed by atoms with Gasteiger partial charge in [-0.25, -0.2) is 4.79 Å². The highest BCUT2D eigenvalue weighted by Crippen LogP contribution is 2.17. The number of nitro benzene ring substituents is 1. The Balaban J connectivity index is 1.66. The molecule has 0 aliphatic carbocycles. The first kappa shape index (κ1) is 19.9. The van der Waals surface area contributed by atoms with E-state index in [1.807, 2.05) is 24.3 Å². The molecular formula is C18H19BrN2O5. The molecule has 26 heavy (non-hydrogen) atoms. The molecule has 0 saturated carbocycles. The number of halogens is 1. The van der Waals surface area contributed by atoms with Gasteiger partial charge in [0.25, 0.3) is 5.69 Å². The second-order valence-corrected chi connectivity index (χ2v) is 6.53. The number of aliphatic hydroxyl groups excluding tert-OH is 1. The molecule has 0 radical (unpaired) electrons. The van der Waals surface area contributed by atoms with Crippen LogP contribution >= 0.6 is 15.9 Å². The largest absolute Gasteiger partial charge is 0.450 e. The minimum Gasteiger partial charge on any atom is -0.450 e. The fourth-order valence-corrected chi connectivity index (χ4v) is 2.52. The maximum atomic E-state index is 11.6. The van der Waals surface area contributed by atoms with Crippen LogP contribution in [0.4, 0.5) is 10.5 Å². The van der Waals surface area contributed by atoms with Crippen LogP contribution in [-0.4, -0.2) is 29.3 Å². The van der Waals surface area contributed by atoms with Crippen molar-refractivity contribution in [3.05, 3.63) is 74.2 Å². The number of nitro groups is 1. The Hall–Kier alpha value is -2.45. The maximum Gasteiger partial charge on any atom is 0.407 e. The number of aryl methyl sites for hydroxylation is 1. The molecule has 138 valence electrons. The highest BCUT2D eigenvalue weighted by Gasteiger charge is 2.12. The van der Waals surface area contributed by atoms with E-state index < -0.39 is 17.1 Å². The molecule has 1 atom stereocenters. The monoisotopic (exact) mass is 422 g/mol. The summed E-state index contributed by atoms with van der Waals surface area (Å²) in [6.45, 7) is 0.235. The van der Waals surface area contributed by atoms with Crippen molar-refractivity contribution < 1.29 is 19.6 Å². The number of nitrogens with zero attached hydrogens (tertiary/aromatic N) is 1. The van der Waals surface area contributed by atoms with Crippen molar-refractivity contribution in [2.24, 2.45) is 0 Å². The number of alkyl carbamates (subject to hydrolysis) is 1. The molecule has 8 heteroatoms. The molecule has 2 aromatic rings. The van der Waals surface area contributed by atoms with Gasteiger partial charge in [-0.15, -0.1) is 0 Å². The lowest BCUT2D eigenvalue weighted by molar-refractivity contribution is -0.384. The summed E-state index contributed by atoms with van der Waals surface area (Å²) in [7, 11) is 0. The summed E-state index contributed by atoms with van der Waals surface area (Å²) >= 11 is 3.37. The number of non-ortho nitro benzene ring substituents is 1. The lowest BCUT2D eigenvalue weighted by atomic mass is 10.1. The molecule has 2 rings (SSSR count). The van der Waals surface area contributed by atoms with Crippen LogP contribution in [0.25, 0.3) is 0 Å². The molecule has 0 bridgehead atoms. The number of amides is 1. The van der Waals surface area contributed by atoms with Crippen LogP contribution in [0.3, 0.4) is 0 Å². The van der Waals surface area contributed by atoms with E-state index in [4.69, 9.17) is 4.74 Å². The van der Waals surface area contributed by atoms with Crippen molar-refractivity contribution in [3.8, 4) is 0 Å². The highest BCUT2D eigenvalue weighted by atomic mass is 79.9. The maximum absolute atomic E-state index is 11.6. The normalized spacial score (nSPS) is 11.6. The molecule has 0 spiro atoms. The summed E-state index contributed by atoms with van der Waals surface area (Å²) in [5, 5.41) is 23.1. The van der Waals surface area contributed by atoms with Crippen molar-refractivity contribution in [1.29, 1.82) is 0 Å². The van der Waals surface area contributed by atoms with Crippen LogP contribution in [0.1, 0.15) is 23.7 Å². The van der Waals surface area contributed by atoms with E-state index in [-0.39, 0.29) is 18.8 Å². The number of hydrogen-bond donors (Lipinski definition) is 2. The fraction of sp³-hybridized carbons (Fsp3) is 0.278. The molecule has 0 fully saturated rings. The Morgan fingerprint density at radius 1 is 1.19 bits per heavy atom. The van der Waals surface area contributed by atoms with Gasteiger partial charge in [0.2, 0.25) is 0 Å². The average Bonchev–Trinajstić information content (AvgIpc) is 2.64. The third-order valence-corrected chi connectivity index (χ3v) is 4.21. The van der Waals surface area contributed by atoms with Gasteiger partial charge in [-0.05, 0) is 48.2 Å². The second-order valence-electron chi connectivity index (χ2n) is 5.61. The smallest absolute Gasteiger partial charge is 0.407 e. The first-order chi connectivity index (χ1) is 12.5. The van der Waals surface area contributed by atoms with Gasteiger partial charge in [0.1, 0.15) is 0 Å². The molecule has 1 amide bonds. The van der Waals surface area contributed by atoms with Gasteiger partial charge in [-0.2, -0.15) is 0 Å². The molecule has 0 aromatic heterocycles. The van der Waals surface area contributed by atoms with Gasteiger partial charge in [-0.3, -0.25) is 10.1 Å². The molecule has 0 unspecified atom stereocenters. The minimum absolute atomic E-state index is 0.0383. The zero-order valence-corrected chi connectivity index (χ0v) is 15.5. The Bertz CT molecular complexity index is 734. The highest BCUT2D eigenvalue weighted by molar-refractivity contribution is 9.10. The zero-order chi connectivity index (χ0) is 18.9. The van der Waals surface area contributed by atoms with Crippen molar-refractivity contribution in [2.45, 2.75) is 18.9 Å².